The van der Waals surface area contributed by atoms with Crippen LogP contribution in [0.5, 0.6) is 0 Å². The lowest BCUT2D eigenvalue weighted by atomic mass is 10.1. The molecule has 2 fully saturated rings. The number of amides is 2. The molecule has 1 aromatic carbocycles. The van der Waals surface area contributed by atoms with E-state index in [0.717, 1.165) is 37.2 Å². The lowest BCUT2D eigenvalue weighted by molar-refractivity contribution is -0.133. The fraction of sp³-hybridized carbons (Fsp3) is 0.476. The summed E-state index contributed by atoms with van der Waals surface area (Å²) in [6, 6.07) is 9.14. The van der Waals surface area contributed by atoms with Crippen molar-refractivity contribution in [3.05, 3.63) is 41.0 Å². The minimum absolute atomic E-state index is 0.0558. The summed E-state index contributed by atoms with van der Waals surface area (Å²) in [4.78, 5) is 31.2. The van der Waals surface area contributed by atoms with Crippen molar-refractivity contribution in [2.45, 2.75) is 19.3 Å². The van der Waals surface area contributed by atoms with Gasteiger partial charge in [0.1, 0.15) is 5.69 Å². The average molecular weight is 416 g/mol. The summed E-state index contributed by atoms with van der Waals surface area (Å²) in [6.45, 7) is 4.86. The monoisotopic (exact) mass is 415 g/mol. The molecule has 0 saturated carbocycles. The summed E-state index contributed by atoms with van der Waals surface area (Å²) in [5.74, 6) is 0.158. The maximum absolute atomic E-state index is 12.8. The van der Waals surface area contributed by atoms with Crippen LogP contribution in [0.25, 0.3) is 11.3 Å². The number of nitrogens with zero attached hydrogens (tertiary/aromatic N) is 4. The molecule has 4 rings (SSSR count). The molecule has 0 aliphatic carbocycles. The Morgan fingerprint density at radius 2 is 1.62 bits per heavy atom. The number of hydrogen-bond acceptors (Lipinski definition) is 4. The van der Waals surface area contributed by atoms with E-state index in [4.69, 9.17) is 11.6 Å². The number of aromatic nitrogens is 2. The van der Waals surface area contributed by atoms with Gasteiger partial charge >= 0.3 is 0 Å². The summed E-state index contributed by atoms with van der Waals surface area (Å²) < 4.78 is 0. The van der Waals surface area contributed by atoms with Crippen LogP contribution < -0.4 is 0 Å². The lowest BCUT2D eigenvalue weighted by Gasteiger charge is -2.35. The van der Waals surface area contributed by atoms with Gasteiger partial charge in [-0.15, -0.1) is 0 Å². The summed E-state index contributed by atoms with van der Waals surface area (Å²) in [5.41, 5.74) is 2.11. The number of aromatic amines is 1. The molecule has 7 nitrogen and oxygen atoms in total. The van der Waals surface area contributed by atoms with Gasteiger partial charge in [0.25, 0.3) is 5.91 Å². The van der Waals surface area contributed by atoms with Crippen molar-refractivity contribution < 1.29 is 9.59 Å². The zero-order valence-corrected chi connectivity index (χ0v) is 17.2. The fourth-order valence-electron chi connectivity index (χ4n) is 3.91. The van der Waals surface area contributed by atoms with E-state index in [2.05, 4.69) is 15.1 Å². The van der Waals surface area contributed by atoms with E-state index in [1.54, 1.807) is 18.2 Å². The van der Waals surface area contributed by atoms with E-state index in [0.29, 0.717) is 43.4 Å². The molecule has 2 saturated heterocycles. The highest BCUT2D eigenvalue weighted by Crippen LogP contribution is 2.21. The van der Waals surface area contributed by atoms with Gasteiger partial charge in [-0.3, -0.25) is 19.6 Å². The van der Waals surface area contributed by atoms with Gasteiger partial charge < -0.3 is 9.80 Å². The van der Waals surface area contributed by atoms with E-state index < -0.39 is 0 Å². The van der Waals surface area contributed by atoms with Gasteiger partial charge in [-0.05, 0) is 37.5 Å². The van der Waals surface area contributed by atoms with Crippen LogP contribution in [-0.2, 0) is 4.79 Å². The topological polar surface area (TPSA) is 72.5 Å². The highest BCUT2D eigenvalue weighted by molar-refractivity contribution is 6.30. The minimum atomic E-state index is -0.0558. The number of carbonyl (C=O) groups is 2. The minimum Gasteiger partial charge on any atom is -0.342 e. The molecule has 0 spiro atoms. The highest BCUT2D eigenvalue weighted by atomic mass is 35.5. The molecule has 0 radical (unpaired) electrons. The Kier molecular flexibility index (Phi) is 6.16. The number of likely N-dealkylation sites (tertiary alicyclic amines) is 1. The maximum atomic E-state index is 12.8. The van der Waals surface area contributed by atoms with Crippen molar-refractivity contribution in [2.24, 2.45) is 0 Å². The van der Waals surface area contributed by atoms with Crippen LogP contribution >= 0.6 is 11.6 Å². The largest absolute Gasteiger partial charge is 0.342 e. The molecule has 1 N–H and O–H groups in total. The predicted octanol–water partition coefficient (Wildman–Crippen LogP) is 2.50. The Labute approximate surface area is 175 Å². The van der Waals surface area contributed by atoms with Gasteiger partial charge in [-0.2, -0.15) is 5.10 Å². The summed E-state index contributed by atoms with van der Waals surface area (Å²) >= 11 is 5.93. The molecule has 0 bridgehead atoms. The van der Waals surface area contributed by atoms with Crippen molar-refractivity contribution in [1.29, 1.82) is 0 Å². The van der Waals surface area contributed by atoms with E-state index in [-0.39, 0.29) is 11.8 Å². The number of H-pyrrole nitrogens is 1. The third kappa shape index (κ3) is 4.79. The van der Waals surface area contributed by atoms with Gasteiger partial charge in [-0.1, -0.05) is 23.7 Å². The Balaban J connectivity index is 1.30. The first-order valence-corrected chi connectivity index (χ1v) is 10.6. The number of piperidine rings is 1. The third-order valence-corrected chi connectivity index (χ3v) is 5.93. The fourth-order valence-corrected chi connectivity index (χ4v) is 4.04. The highest BCUT2D eigenvalue weighted by Gasteiger charge is 2.26. The van der Waals surface area contributed by atoms with Gasteiger partial charge in [0.2, 0.25) is 5.91 Å². The first kappa shape index (κ1) is 19.9. The molecule has 1 aromatic heterocycles. The van der Waals surface area contributed by atoms with Gasteiger partial charge in [0.05, 0.1) is 12.2 Å². The molecule has 2 aromatic rings. The molecule has 0 unspecified atom stereocenters. The predicted molar refractivity (Wildman–Crippen MR) is 112 cm³/mol. The van der Waals surface area contributed by atoms with Crippen LogP contribution in [-0.4, -0.2) is 82.5 Å². The first-order chi connectivity index (χ1) is 14.1. The van der Waals surface area contributed by atoms with E-state index in [9.17, 15) is 9.59 Å². The lowest BCUT2D eigenvalue weighted by Crippen LogP contribution is -2.52. The molecule has 3 heterocycles. The van der Waals surface area contributed by atoms with Crippen LogP contribution in [0.3, 0.4) is 0 Å². The maximum Gasteiger partial charge on any atom is 0.271 e. The van der Waals surface area contributed by atoms with Crippen molar-refractivity contribution in [2.75, 3.05) is 45.8 Å². The third-order valence-electron chi connectivity index (χ3n) is 5.68. The Morgan fingerprint density at radius 3 is 2.31 bits per heavy atom. The second kappa shape index (κ2) is 8.97. The number of benzene rings is 1. The molecule has 0 atom stereocenters. The second-order valence-corrected chi connectivity index (χ2v) is 8.12. The van der Waals surface area contributed by atoms with Crippen LogP contribution in [0, 0.1) is 0 Å². The number of carbonyl (C=O) groups excluding carboxylic acids is 2. The molecule has 154 valence electrons. The van der Waals surface area contributed by atoms with Gasteiger partial charge in [0.15, 0.2) is 0 Å². The van der Waals surface area contributed by atoms with Crippen LogP contribution in [0.4, 0.5) is 0 Å². The Hall–Kier alpha value is -2.38. The number of hydrogen-bond donors (Lipinski definition) is 1. The molecule has 29 heavy (non-hydrogen) atoms. The molecular weight excluding hydrogens is 390 g/mol. The normalized spacial score (nSPS) is 18.1. The smallest absolute Gasteiger partial charge is 0.271 e. The standard InChI is InChI=1S/C21H26ClN5O2/c22-17-6-4-16(5-7-17)18-14-19(24-23-18)21(29)27-12-10-25(11-13-27)15-20(28)26-8-2-1-3-9-26/h4-7,14H,1-3,8-13,15H2,(H,23,24). The van der Waals surface area contributed by atoms with E-state index in [1.165, 1.54) is 6.42 Å². The summed E-state index contributed by atoms with van der Waals surface area (Å²) in [5, 5.41) is 7.78. The number of halogens is 1. The summed E-state index contributed by atoms with van der Waals surface area (Å²) in [6.07, 6.45) is 3.43. The number of rotatable bonds is 4. The van der Waals surface area contributed by atoms with Crippen molar-refractivity contribution >= 4 is 23.4 Å². The van der Waals surface area contributed by atoms with Crippen LogP contribution in [0.1, 0.15) is 29.8 Å². The van der Waals surface area contributed by atoms with Crippen LogP contribution in [0.15, 0.2) is 30.3 Å². The zero-order chi connectivity index (χ0) is 20.2. The quantitative estimate of drug-likeness (QED) is 0.832. The Morgan fingerprint density at radius 1 is 0.931 bits per heavy atom. The van der Waals surface area contributed by atoms with Gasteiger partial charge in [0, 0.05) is 49.9 Å². The van der Waals surface area contributed by atoms with Gasteiger partial charge in [-0.25, -0.2) is 0 Å². The second-order valence-electron chi connectivity index (χ2n) is 7.68. The Bertz CT molecular complexity index is 852. The van der Waals surface area contributed by atoms with E-state index in [1.807, 2.05) is 21.9 Å². The first-order valence-electron chi connectivity index (χ1n) is 10.2. The molecule has 2 aliphatic rings. The molecule has 2 aliphatic heterocycles. The van der Waals surface area contributed by atoms with E-state index >= 15 is 0 Å². The summed E-state index contributed by atoms with van der Waals surface area (Å²) in [7, 11) is 0. The van der Waals surface area contributed by atoms with Crippen LogP contribution in [0.2, 0.25) is 5.02 Å². The molecular formula is C21H26ClN5O2. The van der Waals surface area contributed by atoms with Crippen molar-refractivity contribution in [1.82, 2.24) is 24.9 Å². The number of piperazine rings is 1. The SMILES string of the molecule is O=C(CN1CCN(C(=O)c2cc(-c3ccc(Cl)cc3)n[nH]2)CC1)N1CCCCC1. The zero-order valence-electron chi connectivity index (χ0n) is 16.4. The van der Waals surface area contributed by atoms with Crippen molar-refractivity contribution in [3.63, 3.8) is 0 Å². The van der Waals surface area contributed by atoms with Crippen molar-refractivity contribution in [3.8, 4) is 11.3 Å². The molecule has 8 heteroatoms. The average Bonchev–Trinajstić information content (AvgIpc) is 3.25. The number of nitrogens with one attached hydrogen (secondary N) is 1. The molecule has 2 amide bonds.